The van der Waals surface area contributed by atoms with Gasteiger partial charge in [0.1, 0.15) is 23.9 Å². The highest BCUT2D eigenvalue weighted by atomic mass is 32.2. The van der Waals surface area contributed by atoms with Gasteiger partial charge in [-0.25, -0.2) is 14.4 Å². The lowest BCUT2D eigenvalue weighted by molar-refractivity contribution is -0.139. The molecule has 0 unspecified atom stereocenters. The summed E-state index contributed by atoms with van der Waals surface area (Å²) in [7, 11) is 6.56. The van der Waals surface area contributed by atoms with Gasteiger partial charge in [-0.3, -0.25) is 39.2 Å². The predicted octanol–water partition coefficient (Wildman–Crippen LogP) is 6.88. The van der Waals surface area contributed by atoms with Gasteiger partial charge in [0, 0.05) is 93.0 Å². The van der Waals surface area contributed by atoms with E-state index in [4.69, 9.17) is 23.7 Å². The summed E-state index contributed by atoms with van der Waals surface area (Å²) in [6, 6.07) is 33.0. The molecule has 0 aliphatic carbocycles. The fourth-order valence-electron chi connectivity index (χ4n) is 8.51. The smallest absolute Gasteiger partial charge is 0.344 e. The lowest BCUT2D eigenvalue weighted by Gasteiger charge is -2.28. The number of nitrogens with one attached hydrogen (secondary N) is 4. The number of amidine groups is 2. The quantitative estimate of drug-likeness (QED) is 0.0173. The van der Waals surface area contributed by atoms with Crippen LogP contribution in [0.15, 0.2) is 141 Å². The van der Waals surface area contributed by atoms with Gasteiger partial charge in [-0.15, -0.1) is 0 Å². The summed E-state index contributed by atoms with van der Waals surface area (Å²) in [6.45, 7) is 6.51. The maximum Gasteiger partial charge on any atom is 0.344 e. The average Bonchev–Trinajstić information content (AvgIpc) is 4.31. The van der Waals surface area contributed by atoms with Gasteiger partial charge < -0.3 is 50.1 Å². The maximum absolute atomic E-state index is 14.0. The maximum atomic E-state index is 14.0. The number of Topliss-reactive ketones (excluding diaryl/α,β-unsaturated/α-hetero) is 1. The highest BCUT2D eigenvalue weighted by molar-refractivity contribution is 8.08. The first kappa shape index (κ1) is 58.4. The first-order chi connectivity index (χ1) is 39.3. The molecule has 0 fully saturated rings. The first-order valence-electron chi connectivity index (χ1n) is 26.4. The Labute approximate surface area is 474 Å². The molecule has 22 heteroatoms. The Hall–Kier alpha value is -8.70. The van der Waals surface area contributed by atoms with E-state index in [1.807, 2.05) is 78.9 Å². The molecule has 0 bridgehead atoms. The number of aliphatic imine (C=N–C) groups is 2. The van der Waals surface area contributed by atoms with Crippen LogP contribution < -0.4 is 45.6 Å². The van der Waals surface area contributed by atoms with Crippen LogP contribution in [-0.2, 0) is 28.5 Å². The van der Waals surface area contributed by atoms with E-state index in [-0.39, 0.29) is 94.1 Å². The predicted molar refractivity (Wildman–Crippen MR) is 315 cm³/mol. The lowest BCUT2D eigenvalue weighted by Crippen LogP contribution is -2.40. The Morgan fingerprint density at radius 2 is 1.19 bits per heavy atom. The second-order valence-corrected chi connectivity index (χ2v) is 19.5. The number of allylic oxidation sites excluding steroid dienone is 1. The number of para-hydroxylation sites is 1. The van der Waals surface area contributed by atoms with E-state index < -0.39 is 17.7 Å². The summed E-state index contributed by atoms with van der Waals surface area (Å²) >= 11 is 1.12. The number of phenolic OH excluding ortho intramolecular Hbond substituents is 1. The summed E-state index contributed by atoms with van der Waals surface area (Å²) in [5, 5.41) is 23.4. The van der Waals surface area contributed by atoms with Gasteiger partial charge in [-0.2, -0.15) is 0 Å². The van der Waals surface area contributed by atoms with E-state index in [1.54, 1.807) is 71.5 Å². The molecule has 5 N–H and O–H groups in total. The van der Waals surface area contributed by atoms with Gasteiger partial charge in [-0.1, -0.05) is 36.0 Å². The number of nitrogens with zero attached hydrogens (tertiary/aromatic N) is 6. The van der Waals surface area contributed by atoms with E-state index in [9.17, 15) is 29.1 Å². The van der Waals surface area contributed by atoms with Gasteiger partial charge in [0.2, 0.25) is 5.78 Å². The molecule has 81 heavy (non-hydrogen) atoms. The molecule has 21 nitrogen and oxygen atoms in total. The number of phenols is 1. The summed E-state index contributed by atoms with van der Waals surface area (Å²) in [5.41, 5.74) is 5.32. The van der Waals surface area contributed by atoms with Crippen molar-refractivity contribution in [3.63, 3.8) is 0 Å². The Kier molecular flexibility index (Phi) is 20.5. The molecule has 0 saturated heterocycles. The van der Waals surface area contributed by atoms with Crippen molar-refractivity contribution in [2.24, 2.45) is 9.98 Å². The Bertz CT molecular complexity index is 3080. The van der Waals surface area contributed by atoms with Crippen molar-refractivity contribution < 1.29 is 52.8 Å². The number of hydrogen-bond donors (Lipinski definition) is 5. The average molecular weight is 1120 g/mol. The molecule has 0 saturated carbocycles. The van der Waals surface area contributed by atoms with Gasteiger partial charge >= 0.3 is 18.0 Å². The summed E-state index contributed by atoms with van der Waals surface area (Å²) in [6.07, 6.45) is 1.62. The number of amides is 5. The molecule has 5 amide bonds. The zero-order valence-electron chi connectivity index (χ0n) is 45.9. The molecule has 0 aromatic heterocycles. The van der Waals surface area contributed by atoms with Gasteiger partial charge in [0.05, 0.1) is 69.3 Å². The van der Waals surface area contributed by atoms with Crippen molar-refractivity contribution in [1.29, 1.82) is 0 Å². The van der Waals surface area contributed by atoms with Crippen LogP contribution in [0.1, 0.15) is 34.0 Å². The van der Waals surface area contributed by atoms with Crippen LogP contribution in [-0.4, -0.2) is 160 Å². The standard InChI is InChI=1S/C59H66N10O11S/c1-6-79-57(73)51-52(71)50(81-56(51)65-43-10-8-7-9-11-43)35-39-12-21-48(70)49(34-39)80-33-32-78-31-30-77-29-28-76-27-26-64-55(72)42-36-46(68(4)58(74)66(2)44-17-13-40(14-18-44)53-60-22-23-61-53)38-47(37-42)69(5)59(75)67(3)45-19-15-41(16-20-45)54-62-24-25-63-54/h7-21,34-38,65,70H,6,22-33H2,1-5H3,(H,60,61)(H,62,63)(H,64,72)/b50-35-. The minimum Gasteiger partial charge on any atom is -0.504 e. The molecule has 8 rings (SSSR count). The summed E-state index contributed by atoms with van der Waals surface area (Å²) < 4.78 is 28.0. The van der Waals surface area contributed by atoms with E-state index in [1.165, 1.54) is 25.7 Å². The zero-order valence-corrected chi connectivity index (χ0v) is 46.7. The Morgan fingerprint density at radius 1 is 0.654 bits per heavy atom. The molecular formula is C59H66N10O11S. The lowest BCUT2D eigenvalue weighted by atomic mass is 10.1. The molecule has 0 spiro atoms. The van der Waals surface area contributed by atoms with Crippen molar-refractivity contribution in [3.05, 3.63) is 153 Å². The van der Waals surface area contributed by atoms with E-state index in [0.717, 1.165) is 47.6 Å². The van der Waals surface area contributed by atoms with Crippen LogP contribution in [0.3, 0.4) is 0 Å². The number of ketones is 1. The van der Waals surface area contributed by atoms with Gasteiger partial charge in [0.15, 0.2) is 11.5 Å². The van der Waals surface area contributed by atoms with Crippen molar-refractivity contribution in [2.75, 3.05) is 139 Å². The minimum atomic E-state index is -0.715. The Morgan fingerprint density at radius 3 is 1.72 bits per heavy atom. The van der Waals surface area contributed by atoms with Crippen LogP contribution in [0.5, 0.6) is 11.5 Å². The molecule has 3 aliphatic rings. The number of benzene rings is 5. The third-order valence-electron chi connectivity index (χ3n) is 12.9. The molecule has 3 aliphatic heterocycles. The highest BCUT2D eigenvalue weighted by Gasteiger charge is 2.35. The largest absolute Gasteiger partial charge is 0.504 e. The molecule has 424 valence electrons. The fraction of sp³-hybridized carbons (Fsp3) is 0.305. The minimum absolute atomic E-state index is 0.0790. The second kappa shape index (κ2) is 28.4. The van der Waals surface area contributed by atoms with E-state index in [2.05, 4.69) is 31.3 Å². The SMILES string of the molecule is CCOC(=O)C1=C(Nc2ccccc2)S/C(=C\c2ccc(O)c(OCCOCCOCCOCCNC(=O)c3cc(N(C)C(=O)N(C)c4ccc(C5=NCCN5)cc4)cc(N(C)C(=O)N(C)c4ccc(C5=NCCN5)cc4)c3)c2)C1=O. The number of esters is 1. The van der Waals surface area contributed by atoms with Crippen LogP contribution in [0.25, 0.3) is 6.08 Å². The third-order valence-corrected chi connectivity index (χ3v) is 14.0. The van der Waals surface area contributed by atoms with Crippen LogP contribution >= 0.6 is 11.8 Å². The normalized spacial score (nSPS) is 14.2. The number of carbonyl (C=O) groups excluding carboxylic acids is 5. The Balaban J connectivity index is 0.783. The number of ether oxygens (including phenoxy) is 5. The summed E-state index contributed by atoms with van der Waals surface area (Å²) in [5.74, 6) is 0.0988. The molecular weight excluding hydrogens is 1060 g/mol. The molecule has 0 atom stereocenters. The summed E-state index contributed by atoms with van der Waals surface area (Å²) in [4.78, 5) is 83.2. The third kappa shape index (κ3) is 15.4. The monoisotopic (exact) mass is 1120 g/mol. The number of urea groups is 2. The van der Waals surface area contributed by atoms with E-state index >= 15 is 0 Å². The second-order valence-electron chi connectivity index (χ2n) is 18.5. The number of anilines is 5. The van der Waals surface area contributed by atoms with Gasteiger partial charge in [0.25, 0.3) is 5.91 Å². The van der Waals surface area contributed by atoms with Crippen molar-refractivity contribution in [1.82, 2.24) is 16.0 Å². The van der Waals surface area contributed by atoms with E-state index in [0.29, 0.717) is 57.0 Å². The first-order valence-corrected chi connectivity index (χ1v) is 27.2. The van der Waals surface area contributed by atoms with Crippen molar-refractivity contribution in [2.45, 2.75) is 6.92 Å². The van der Waals surface area contributed by atoms with Crippen LogP contribution in [0.4, 0.5) is 38.0 Å². The fourth-order valence-corrected chi connectivity index (χ4v) is 9.57. The van der Waals surface area contributed by atoms with Crippen LogP contribution in [0.2, 0.25) is 0 Å². The molecule has 3 heterocycles. The number of carbonyl (C=O) groups is 5. The van der Waals surface area contributed by atoms with Crippen molar-refractivity contribution in [3.8, 4) is 11.5 Å². The number of rotatable bonds is 25. The molecule has 0 radical (unpaired) electrons. The topological polar surface area (TPSA) is 238 Å². The highest BCUT2D eigenvalue weighted by Crippen LogP contribution is 2.41. The van der Waals surface area contributed by atoms with Gasteiger partial charge in [-0.05, 0) is 110 Å². The molecule has 5 aromatic carbocycles. The van der Waals surface area contributed by atoms with Crippen molar-refractivity contribution >= 4 is 87.7 Å². The zero-order chi connectivity index (χ0) is 57.3. The van der Waals surface area contributed by atoms with Crippen LogP contribution in [0, 0.1) is 0 Å². The number of aromatic hydroxyl groups is 1. The molecule has 5 aromatic rings. The number of thioether (sulfide) groups is 1. The number of hydrogen-bond acceptors (Lipinski definition) is 17.